The highest BCUT2D eigenvalue weighted by Gasteiger charge is 2.20. The fourth-order valence-electron chi connectivity index (χ4n) is 2.70. The predicted molar refractivity (Wildman–Crippen MR) is 93.9 cm³/mol. The SMILES string of the molecule is CC(C)CCOCCNC(=O)CSc1nnnn1C1CCCCC1. The number of rotatable bonds is 10. The lowest BCUT2D eigenvalue weighted by atomic mass is 9.96. The summed E-state index contributed by atoms with van der Waals surface area (Å²) < 4.78 is 7.38. The van der Waals surface area contributed by atoms with Crippen molar-refractivity contribution in [3.8, 4) is 0 Å². The first kappa shape index (κ1) is 19.2. The molecular weight excluding hydrogens is 326 g/mol. The fourth-order valence-corrected chi connectivity index (χ4v) is 3.47. The van der Waals surface area contributed by atoms with Crippen molar-refractivity contribution in [1.29, 1.82) is 0 Å². The normalized spacial score (nSPS) is 15.8. The maximum Gasteiger partial charge on any atom is 0.230 e. The Hall–Kier alpha value is -1.15. The number of hydrogen-bond acceptors (Lipinski definition) is 6. The maximum absolute atomic E-state index is 11.9. The molecule has 0 unspecified atom stereocenters. The molecule has 0 atom stereocenters. The lowest BCUT2D eigenvalue weighted by Gasteiger charge is -2.21. The van der Waals surface area contributed by atoms with E-state index in [1.807, 2.05) is 4.68 Å². The second-order valence-corrected chi connectivity index (χ2v) is 7.57. The van der Waals surface area contributed by atoms with E-state index >= 15 is 0 Å². The highest BCUT2D eigenvalue weighted by molar-refractivity contribution is 7.99. The molecule has 0 saturated heterocycles. The van der Waals surface area contributed by atoms with Crippen LogP contribution in [0.5, 0.6) is 0 Å². The minimum Gasteiger partial charge on any atom is -0.380 e. The molecule has 0 bridgehead atoms. The highest BCUT2D eigenvalue weighted by atomic mass is 32.2. The number of nitrogens with zero attached hydrogens (tertiary/aromatic N) is 4. The molecule has 24 heavy (non-hydrogen) atoms. The molecule has 1 aliphatic carbocycles. The van der Waals surface area contributed by atoms with Crippen LogP contribution in [0.4, 0.5) is 0 Å². The Morgan fingerprint density at radius 1 is 1.33 bits per heavy atom. The first-order valence-electron chi connectivity index (χ1n) is 8.92. The van der Waals surface area contributed by atoms with Crippen LogP contribution in [-0.2, 0) is 9.53 Å². The highest BCUT2D eigenvalue weighted by Crippen LogP contribution is 2.30. The van der Waals surface area contributed by atoms with E-state index in [9.17, 15) is 4.79 Å². The van der Waals surface area contributed by atoms with Crippen LogP contribution in [0, 0.1) is 5.92 Å². The van der Waals surface area contributed by atoms with E-state index in [0.717, 1.165) is 31.0 Å². The largest absolute Gasteiger partial charge is 0.380 e. The second-order valence-electron chi connectivity index (χ2n) is 6.63. The maximum atomic E-state index is 11.9. The van der Waals surface area contributed by atoms with Crippen molar-refractivity contribution in [2.75, 3.05) is 25.5 Å². The van der Waals surface area contributed by atoms with Gasteiger partial charge < -0.3 is 10.1 Å². The van der Waals surface area contributed by atoms with Crippen LogP contribution in [0.3, 0.4) is 0 Å². The summed E-state index contributed by atoms with van der Waals surface area (Å²) in [6, 6.07) is 0.383. The van der Waals surface area contributed by atoms with E-state index in [2.05, 4.69) is 34.7 Å². The number of carbonyl (C=O) groups excluding carboxylic acids is 1. The molecule has 1 saturated carbocycles. The third-order valence-electron chi connectivity index (χ3n) is 4.12. The van der Waals surface area contributed by atoms with E-state index in [4.69, 9.17) is 4.74 Å². The Morgan fingerprint density at radius 3 is 2.88 bits per heavy atom. The Morgan fingerprint density at radius 2 is 2.12 bits per heavy atom. The number of tetrazole rings is 1. The third-order valence-corrected chi connectivity index (χ3v) is 5.06. The molecule has 1 aromatic heterocycles. The first-order valence-corrected chi connectivity index (χ1v) is 9.90. The van der Waals surface area contributed by atoms with Gasteiger partial charge in [0, 0.05) is 13.2 Å². The van der Waals surface area contributed by atoms with Crippen molar-refractivity contribution in [2.45, 2.75) is 63.6 Å². The molecule has 1 heterocycles. The molecule has 0 spiro atoms. The van der Waals surface area contributed by atoms with Gasteiger partial charge in [0.05, 0.1) is 18.4 Å². The summed E-state index contributed by atoms with van der Waals surface area (Å²) in [7, 11) is 0. The summed E-state index contributed by atoms with van der Waals surface area (Å²) >= 11 is 1.40. The number of aromatic nitrogens is 4. The molecule has 1 fully saturated rings. The predicted octanol–water partition coefficient (Wildman–Crippen LogP) is 2.45. The number of amides is 1. The van der Waals surface area contributed by atoms with E-state index in [0.29, 0.717) is 30.9 Å². The second kappa shape index (κ2) is 10.7. The Bertz CT molecular complexity index is 489. The van der Waals surface area contributed by atoms with Crippen LogP contribution < -0.4 is 5.32 Å². The van der Waals surface area contributed by atoms with Gasteiger partial charge in [0.25, 0.3) is 0 Å². The standard InChI is InChI=1S/C16H29N5O2S/c1-13(2)8-10-23-11-9-17-15(22)12-24-16-18-19-20-21(16)14-6-4-3-5-7-14/h13-14H,3-12H2,1-2H3,(H,17,22). The Kier molecular flexibility index (Phi) is 8.52. The van der Waals surface area contributed by atoms with Gasteiger partial charge in [-0.3, -0.25) is 4.79 Å². The van der Waals surface area contributed by atoms with Crippen molar-refractivity contribution in [2.24, 2.45) is 5.92 Å². The van der Waals surface area contributed by atoms with Gasteiger partial charge in [-0.1, -0.05) is 44.9 Å². The van der Waals surface area contributed by atoms with Crippen molar-refractivity contribution < 1.29 is 9.53 Å². The van der Waals surface area contributed by atoms with Crippen LogP contribution in [-0.4, -0.2) is 51.6 Å². The van der Waals surface area contributed by atoms with Gasteiger partial charge in [0.1, 0.15) is 0 Å². The zero-order valence-corrected chi connectivity index (χ0v) is 15.6. The van der Waals surface area contributed by atoms with Crippen molar-refractivity contribution in [3.63, 3.8) is 0 Å². The molecule has 0 aliphatic heterocycles. The zero-order chi connectivity index (χ0) is 17.2. The monoisotopic (exact) mass is 355 g/mol. The Labute approximate surface area is 148 Å². The van der Waals surface area contributed by atoms with Gasteiger partial charge in [-0.2, -0.15) is 0 Å². The molecule has 0 radical (unpaired) electrons. The quantitative estimate of drug-likeness (QED) is 0.513. The molecule has 1 amide bonds. The average molecular weight is 356 g/mol. The lowest BCUT2D eigenvalue weighted by Crippen LogP contribution is -2.29. The Balaban J connectivity index is 1.62. The van der Waals surface area contributed by atoms with Gasteiger partial charge in [0.15, 0.2) is 0 Å². The van der Waals surface area contributed by atoms with Gasteiger partial charge in [-0.15, -0.1) is 5.10 Å². The molecule has 136 valence electrons. The molecule has 2 rings (SSSR count). The number of nitrogens with one attached hydrogen (secondary N) is 1. The summed E-state index contributed by atoms with van der Waals surface area (Å²) in [6.45, 7) is 6.19. The molecule has 7 nitrogen and oxygen atoms in total. The van der Waals surface area contributed by atoms with Gasteiger partial charge >= 0.3 is 0 Å². The molecule has 1 aliphatic rings. The number of hydrogen-bond donors (Lipinski definition) is 1. The smallest absolute Gasteiger partial charge is 0.230 e. The molecule has 8 heteroatoms. The number of thioether (sulfide) groups is 1. The van der Waals surface area contributed by atoms with Crippen LogP contribution in [0.15, 0.2) is 5.16 Å². The third kappa shape index (κ3) is 6.76. The molecule has 1 N–H and O–H groups in total. The lowest BCUT2D eigenvalue weighted by molar-refractivity contribution is -0.118. The van der Waals surface area contributed by atoms with Gasteiger partial charge in [-0.05, 0) is 35.6 Å². The van der Waals surface area contributed by atoms with Crippen LogP contribution in [0.25, 0.3) is 0 Å². The van der Waals surface area contributed by atoms with E-state index in [1.165, 1.54) is 31.0 Å². The first-order chi connectivity index (χ1) is 11.7. The summed E-state index contributed by atoms with van der Waals surface area (Å²) in [5.41, 5.74) is 0. The topological polar surface area (TPSA) is 81.9 Å². The van der Waals surface area contributed by atoms with Crippen molar-refractivity contribution in [1.82, 2.24) is 25.5 Å². The molecule has 1 aromatic rings. The van der Waals surface area contributed by atoms with Crippen molar-refractivity contribution in [3.05, 3.63) is 0 Å². The summed E-state index contributed by atoms with van der Waals surface area (Å²) in [6.07, 6.45) is 7.05. The van der Waals surface area contributed by atoms with Crippen molar-refractivity contribution >= 4 is 17.7 Å². The molecule has 0 aromatic carbocycles. The zero-order valence-electron chi connectivity index (χ0n) is 14.7. The summed E-state index contributed by atoms with van der Waals surface area (Å²) in [5, 5.41) is 15.6. The van der Waals surface area contributed by atoms with E-state index in [-0.39, 0.29) is 5.91 Å². The molecular formula is C16H29N5O2S. The van der Waals surface area contributed by atoms with E-state index < -0.39 is 0 Å². The van der Waals surface area contributed by atoms with Crippen LogP contribution in [0.1, 0.15) is 58.4 Å². The van der Waals surface area contributed by atoms with Crippen LogP contribution >= 0.6 is 11.8 Å². The minimum atomic E-state index is -0.00865. The van der Waals surface area contributed by atoms with Gasteiger partial charge in [0.2, 0.25) is 11.1 Å². The summed E-state index contributed by atoms with van der Waals surface area (Å²) in [5.74, 6) is 0.968. The summed E-state index contributed by atoms with van der Waals surface area (Å²) in [4.78, 5) is 11.9. The average Bonchev–Trinajstić information content (AvgIpc) is 3.05. The minimum absolute atomic E-state index is 0.00865. The van der Waals surface area contributed by atoms with E-state index in [1.54, 1.807) is 0 Å². The van der Waals surface area contributed by atoms with Crippen LogP contribution in [0.2, 0.25) is 0 Å². The van der Waals surface area contributed by atoms with Gasteiger partial charge in [-0.25, -0.2) is 4.68 Å². The number of ether oxygens (including phenoxy) is 1. The number of carbonyl (C=O) groups is 1. The fraction of sp³-hybridized carbons (Fsp3) is 0.875.